The van der Waals surface area contributed by atoms with Crippen molar-refractivity contribution in [2.45, 2.75) is 19.4 Å². The second-order valence-electron chi connectivity index (χ2n) is 3.34. The predicted molar refractivity (Wildman–Crippen MR) is 61.1 cm³/mol. The van der Waals surface area contributed by atoms with Crippen molar-refractivity contribution in [2.75, 3.05) is 13.6 Å². The van der Waals surface area contributed by atoms with E-state index in [1.54, 1.807) is 18.6 Å². The van der Waals surface area contributed by atoms with E-state index in [1.807, 2.05) is 6.07 Å². The van der Waals surface area contributed by atoms with Gasteiger partial charge in [0.1, 0.15) is 0 Å². The van der Waals surface area contributed by atoms with Crippen LogP contribution in [-0.4, -0.2) is 29.0 Å². The lowest BCUT2D eigenvalue weighted by molar-refractivity contribution is -0.130. The molecule has 0 spiro atoms. The maximum absolute atomic E-state index is 11.6. The van der Waals surface area contributed by atoms with Crippen LogP contribution in [0.3, 0.4) is 0 Å². The summed E-state index contributed by atoms with van der Waals surface area (Å²) in [6.45, 7) is 0.839. The molecule has 0 radical (unpaired) electrons. The monoisotopic (exact) mass is 239 g/mol. The van der Waals surface area contributed by atoms with Crippen LogP contribution in [0.4, 0.5) is 0 Å². The minimum Gasteiger partial charge on any atom is -0.345 e. The number of amides is 1. The van der Waals surface area contributed by atoms with Gasteiger partial charge in [-0.05, 0) is 0 Å². The zero-order valence-electron chi connectivity index (χ0n) is 9.05. The second-order valence-corrected chi connectivity index (χ2v) is 4.19. The highest BCUT2D eigenvalue weighted by atomic mass is 32.1. The zero-order chi connectivity index (χ0) is 12.0. The molecule has 0 aliphatic heterocycles. The van der Waals surface area contributed by atoms with Crippen LogP contribution in [0.5, 0.6) is 0 Å². The van der Waals surface area contributed by atoms with Crippen molar-refractivity contribution in [1.29, 1.82) is 5.26 Å². The second kappa shape index (κ2) is 6.08. The molecule has 0 aliphatic rings. The molecule has 1 aromatic rings. The number of hydrogen-bond donors (Lipinski definition) is 0. The summed E-state index contributed by atoms with van der Waals surface area (Å²) in [5, 5.41) is 10.1. The molecule has 0 bridgehead atoms. The molecule has 1 aromatic heterocycles. The third kappa shape index (κ3) is 3.51. The number of aromatic nitrogens is 1. The highest BCUT2D eigenvalue weighted by Gasteiger charge is 2.08. The van der Waals surface area contributed by atoms with Crippen LogP contribution in [0.25, 0.3) is 0 Å². The molecule has 0 saturated heterocycles. The van der Waals surface area contributed by atoms with E-state index in [-0.39, 0.29) is 10.8 Å². The Hall–Kier alpha value is -1.61. The van der Waals surface area contributed by atoms with Gasteiger partial charge < -0.3 is 9.47 Å². The fourth-order valence-corrected chi connectivity index (χ4v) is 1.82. The predicted octanol–water partition coefficient (Wildman–Crippen LogP) is 0.672. The van der Waals surface area contributed by atoms with Gasteiger partial charge >= 0.3 is 4.87 Å². The lowest BCUT2D eigenvalue weighted by Gasteiger charge is -2.15. The van der Waals surface area contributed by atoms with E-state index < -0.39 is 0 Å². The Morgan fingerprint density at radius 3 is 3.00 bits per heavy atom. The zero-order valence-corrected chi connectivity index (χ0v) is 9.87. The quantitative estimate of drug-likeness (QED) is 0.758. The van der Waals surface area contributed by atoms with E-state index in [0.717, 1.165) is 11.3 Å². The lowest BCUT2D eigenvalue weighted by atomic mass is 10.3. The van der Waals surface area contributed by atoms with E-state index in [2.05, 4.69) is 0 Å². The molecule has 0 aliphatic carbocycles. The first-order chi connectivity index (χ1) is 7.65. The molecule has 0 N–H and O–H groups in total. The number of carbonyl (C=O) groups is 1. The van der Waals surface area contributed by atoms with E-state index in [9.17, 15) is 9.59 Å². The van der Waals surface area contributed by atoms with Crippen molar-refractivity contribution in [3.63, 3.8) is 0 Å². The van der Waals surface area contributed by atoms with Gasteiger partial charge in [0, 0.05) is 38.1 Å². The molecular weight excluding hydrogens is 226 g/mol. The van der Waals surface area contributed by atoms with Gasteiger partial charge in [0.05, 0.1) is 12.5 Å². The van der Waals surface area contributed by atoms with Crippen LogP contribution in [0, 0.1) is 11.3 Å². The number of hydrogen-bond acceptors (Lipinski definition) is 4. The average molecular weight is 239 g/mol. The Bertz CT molecular complexity index is 443. The summed E-state index contributed by atoms with van der Waals surface area (Å²) < 4.78 is 1.51. The average Bonchev–Trinajstić information content (AvgIpc) is 2.68. The lowest BCUT2D eigenvalue weighted by Crippen LogP contribution is -2.29. The van der Waals surface area contributed by atoms with Crippen LogP contribution in [0.15, 0.2) is 16.4 Å². The van der Waals surface area contributed by atoms with Crippen molar-refractivity contribution in [1.82, 2.24) is 9.47 Å². The molecule has 86 valence electrons. The van der Waals surface area contributed by atoms with Crippen molar-refractivity contribution >= 4 is 17.2 Å². The molecule has 1 amide bonds. The largest absolute Gasteiger partial charge is 0.345 e. The minimum absolute atomic E-state index is 0.0478. The minimum atomic E-state index is -0.0486. The summed E-state index contributed by atoms with van der Waals surface area (Å²) in [6.07, 6.45) is 2.30. The normalized spacial score (nSPS) is 9.75. The Labute approximate surface area is 97.5 Å². The Kier molecular flexibility index (Phi) is 4.73. The molecule has 5 nitrogen and oxygen atoms in total. The standard InChI is InChI=1S/C10H13N3O2S/c1-12(5-2-4-11)9(14)3-6-13-7-8-16-10(13)15/h7-8H,2-3,5-6H2,1H3. The fraction of sp³-hybridized carbons (Fsp3) is 0.500. The van der Waals surface area contributed by atoms with Crippen LogP contribution in [0.1, 0.15) is 12.8 Å². The van der Waals surface area contributed by atoms with Crippen molar-refractivity contribution in [2.24, 2.45) is 0 Å². The summed E-state index contributed by atoms with van der Waals surface area (Å²) in [5.74, 6) is -0.0478. The molecule has 0 unspecified atom stereocenters. The van der Waals surface area contributed by atoms with Crippen LogP contribution >= 0.6 is 11.3 Å². The molecule has 6 heteroatoms. The van der Waals surface area contributed by atoms with Gasteiger partial charge in [-0.2, -0.15) is 5.26 Å². The maximum Gasteiger partial charge on any atom is 0.307 e. The van der Waals surface area contributed by atoms with Gasteiger partial charge in [0.2, 0.25) is 5.91 Å². The maximum atomic E-state index is 11.6. The van der Waals surface area contributed by atoms with Crippen molar-refractivity contribution in [3.05, 3.63) is 21.2 Å². The number of thiazole rings is 1. The van der Waals surface area contributed by atoms with Crippen molar-refractivity contribution in [3.8, 4) is 6.07 Å². The molecule has 0 atom stereocenters. The number of carbonyl (C=O) groups excluding carboxylic acids is 1. The SMILES string of the molecule is CN(CCC#N)C(=O)CCn1ccsc1=O. The first-order valence-electron chi connectivity index (χ1n) is 4.90. The Balaban J connectivity index is 2.39. The summed E-state index contributed by atoms with van der Waals surface area (Å²) >= 11 is 1.12. The van der Waals surface area contributed by atoms with E-state index >= 15 is 0 Å². The third-order valence-corrected chi connectivity index (χ3v) is 2.89. The van der Waals surface area contributed by atoms with Crippen LogP contribution < -0.4 is 4.87 Å². The highest BCUT2D eigenvalue weighted by Crippen LogP contribution is 1.97. The van der Waals surface area contributed by atoms with Gasteiger partial charge in [0.25, 0.3) is 0 Å². The Morgan fingerprint density at radius 1 is 1.69 bits per heavy atom. The fourth-order valence-electron chi connectivity index (χ4n) is 1.21. The van der Waals surface area contributed by atoms with Gasteiger partial charge in [-0.15, -0.1) is 0 Å². The smallest absolute Gasteiger partial charge is 0.307 e. The number of rotatable bonds is 5. The van der Waals surface area contributed by atoms with Crippen LogP contribution in [0.2, 0.25) is 0 Å². The number of nitriles is 1. The van der Waals surface area contributed by atoms with E-state index in [4.69, 9.17) is 5.26 Å². The van der Waals surface area contributed by atoms with Gasteiger partial charge in [-0.25, -0.2) is 0 Å². The molecule has 1 heterocycles. The van der Waals surface area contributed by atoms with Gasteiger partial charge in [-0.1, -0.05) is 11.3 Å². The summed E-state index contributed by atoms with van der Waals surface area (Å²) in [7, 11) is 1.66. The topological polar surface area (TPSA) is 66.1 Å². The van der Waals surface area contributed by atoms with E-state index in [1.165, 1.54) is 9.47 Å². The molecule has 0 fully saturated rings. The molecular formula is C10H13N3O2S. The van der Waals surface area contributed by atoms with Crippen LogP contribution in [-0.2, 0) is 11.3 Å². The summed E-state index contributed by atoms with van der Waals surface area (Å²) in [4.78, 5) is 24.2. The summed E-state index contributed by atoms with van der Waals surface area (Å²) in [5.41, 5.74) is 0. The molecule has 0 aromatic carbocycles. The van der Waals surface area contributed by atoms with Gasteiger partial charge in [-0.3, -0.25) is 9.59 Å². The van der Waals surface area contributed by atoms with Gasteiger partial charge in [0.15, 0.2) is 0 Å². The molecule has 1 rings (SSSR count). The highest BCUT2D eigenvalue weighted by molar-refractivity contribution is 7.07. The third-order valence-electron chi connectivity index (χ3n) is 2.20. The molecule has 0 saturated carbocycles. The number of aryl methyl sites for hydroxylation is 1. The number of nitrogens with zero attached hydrogens (tertiary/aromatic N) is 3. The Morgan fingerprint density at radius 2 is 2.44 bits per heavy atom. The first kappa shape index (κ1) is 12.5. The van der Waals surface area contributed by atoms with E-state index in [0.29, 0.717) is 25.9 Å². The summed E-state index contributed by atoms with van der Waals surface area (Å²) in [6, 6.07) is 1.98. The van der Waals surface area contributed by atoms with Crippen molar-refractivity contribution < 1.29 is 4.79 Å². The molecule has 16 heavy (non-hydrogen) atoms. The first-order valence-corrected chi connectivity index (χ1v) is 5.78.